The summed E-state index contributed by atoms with van der Waals surface area (Å²) in [5, 5.41) is 3.57. The highest BCUT2D eigenvalue weighted by atomic mass is 35.5. The number of hydrogen-bond acceptors (Lipinski definition) is 2. The third kappa shape index (κ3) is 4.30. The highest BCUT2D eigenvalue weighted by molar-refractivity contribution is 5.85. The normalized spacial score (nSPS) is 24.5. The van der Waals surface area contributed by atoms with Gasteiger partial charge in [0.15, 0.2) is 0 Å². The van der Waals surface area contributed by atoms with Crippen molar-refractivity contribution in [1.29, 1.82) is 0 Å². The summed E-state index contributed by atoms with van der Waals surface area (Å²) in [7, 11) is 0. The highest BCUT2D eigenvalue weighted by Crippen LogP contribution is 2.07. The molecule has 0 spiro atoms. The lowest BCUT2D eigenvalue weighted by Gasteiger charge is -2.35. The molecule has 1 fully saturated rings. The summed E-state index contributed by atoms with van der Waals surface area (Å²) in [4.78, 5) is 2.57. The third-order valence-electron chi connectivity index (χ3n) is 2.63. The molecule has 2 nitrogen and oxygen atoms in total. The number of piperazine rings is 1. The van der Waals surface area contributed by atoms with Gasteiger partial charge < -0.3 is 10.2 Å². The molecule has 1 saturated heterocycles. The first-order chi connectivity index (χ1) is 5.74. The van der Waals surface area contributed by atoms with Crippen molar-refractivity contribution in [2.24, 2.45) is 5.92 Å². The Kier molecular flexibility index (Phi) is 6.74. The maximum atomic E-state index is 3.57. The predicted octanol–water partition coefficient (Wildman–Crippen LogP) is 1.75. The number of nitrogens with one attached hydrogen (secondary N) is 1. The molecule has 1 heterocycles. The van der Waals surface area contributed by atoms with E-state index in [-0.39, 0.29) is 12.4 Å². The first kappa shape index (κ1) is 13.2. The van der Waals surface area contributed by atoms with Gasteiger partial charge in [-0.15, -0.1) is 12.4 Å². The van der Waals surface area contributed by atoms with E-state index in [1.165, 1.54) is 32.6 Å². The molecule has 0 aromatic rings. The molecule has 0 bridgehead atoms. The Bertz CT molecular complexity index is 126. The highest BCUT2D eigenvalue weighted by Gasteiger charge is 2.20. The second-order valence-corrected chi connectivity index (χ2v) is 4.11. The second kappa shape index (κ2) is 6.63. The Balaban J connectivity index is 0.00000144. The Morgan fingerprint density at radius 1 is 1.46 bits per heavy atom. The van der Waals surface area contributed by atoms with Crippen molar-refractivity contribution in [2.45, 2.75) is 33.2 Å². The molecule has 1 atom stereocenters. The molecule has 0 saturated carbocycles. The molecule has 1 aliphatic rings. The number of halogens is 1. The molecule has 3 heteroatoms. The van der Waals surface area contributed by atoms with E-state index in [9.17, 15) is 0 Å². The first-order valence-electron chi connectivity index (χ1n) is 5.19. The molecule has 1 N–H and O–H groups in total. The molecule has 13 heavy (non-hydrogen) atoms. The molecule has 1 rings (SSSR count). The zero-order chi connectivity index (χ0) is 8.97. The molecule has 0 aromatic carbocycles. The van der Waals surface area contributed by atoms with Gasteiger partial charge in [-0.25, -0.2) is 0 Å². The molecule has 0 aromatic heterocycles. The van der Waals surface area contributed by atoms with Crippen LogP contribution in [0.4, 0.5) is 0 Å². The smallest absolute Gasteiger partial charge is 0.0218 e. The predicted molar refractivity (Wildman–Crippen MR) is 60.6 cm³/mol. The number of nitrogens with zero attached hydrogens (tertiary/aromatic N) is 1. The molecule has 0 radical (unpaired) electrons. The van der Waals surface area contributed by atoms with Crippen LogP contribution in [0.5, 0.6) is 0 Å². The van der Waals surface area contributed by atoms with Crippen LogP contribution < -0.4 is 5.32 Å². The lowest BCUT2D eigenvalue weighted by molar-refractivity contribution is 0.175. The molecule has 0 aliphatic carbocycles. The minimum Gasteiger partial charge on any atom is -0.311 e. The van der Waals surface area contributed by atoms with Gasteiger partial charge in [-0.1, -0.05) is 20.8 Å². The zero-order valence-corrected chi connectivity index (χ0v) is 9.86. The van der Waals surface area contributed by atoms with Gasteiger partial charge in [0.2, 0.25) is 0 Å². The van der Waals surface area contributed by atoms with Crippen molar-refractivity contribution < 1.29 is 0 Å². The Morgan fingerprint density at radius 2 is 2.15 bits per heavy atom. The Hall–Kier alpha value is 0.210. The molecule has 1 aliphatic heterocycles. The molecule has 0 unspecified atom stereocenters. The van der Waals surface area contributed by atoms with Crippen LogP contribution in [0.1, 0.15) is 27.2 Å². The van der Waals surface area contributed by atoms with Gasteiger partial charge in [0, 0.05) is 25.7 Å². The van der Waals surface area contributed by atoms with Crippen molar-refractivity contribution in [2.75, 3.05) is 26.2 Å². The van der Waals surface area contributed by atoms with Crippen molar-refractivity contribution in [3.8, 4) is 0 Å². The lowest BCUT2D eigenvalue weighted by atomic mass is 10.0. The quantitative estimate of drug-likeness (QED) is 0.757. The minimum absolute atomic E-state index is 0. The molecule has 80 valence electrons. The van der Waals surface area contributed by atoms with Gasteiger partial charge in [0.1, 0.15) is 0 Å². The first-order valence-corrected chi connectivity index (χ1v) is 5.19. The Labute approximate surface area is 88.5 Å². The summed E-state index contributed by atoms with van der Waals surface area (Å²) in [5.74, 6) is 0.768. The third-order valence-corrected chi connectivity index (χ3v) is 2.63. The van der Waals surface area contributed by atoms with Gasteiger partial charge in [0.05, 0.1) is 0 Å². The summed E-state index contributed by atoms with van der Waals surface area (Å²) in [6.07, 6.45) is 1.28. The average Bonchev–Trinajstić information content (AvgIpc) is 2.05. The minimum atomic E-state index is 0. The number of hydrogen-bond donors (Lipinski definition) is 1. The maximum Gasteiger partial charge on any atom is 0.0218 e. The SMILES string of the molecule is CCCN1CCN[C@@H](C(C)C)C1.Cl. The zero-order valence-electron chi connectivity index (χ0n) is 9.05. The summed E-state index contributed by atoms with van der Waals surface area (Å²) >= 11 is 0. The van der Waals surface area contributed by atoms with Gasteiger partial charge >= 0.3 is 0 Å². The van der Waals surface area contributed by atoms with Crippen LogP contribution in [-0.2, 0) is 0 Å². The lowest BCUT2D eigenvalue weighted by Crippen LogP contribution is -2.52. The monoisotopic (exact) mass is 206 g/mol. The average molecular weight is 207 g/mol. The van der Waals surface area contributed by atoms with Gasteiger partial charge in [-0.2, -0.15) is 0 Å². The maximum absolute atomic E-state index is 3.57. The van der Waals surface area contributed by atoms with Gasteiger partial charge in [0.25, 0.3) is 0 Å². The van der Waals surface area contributed by atoms with Crippen LogP contribution in [0.15, 0.2) is 0 Å². The fraction of sp³-hybridized carbons (Fsp3) is 1.00. The second-order valence-electron chi connectivity index (χ2n) is 4.11. The van der Waals surface area contributed by atoms with E-state index in [0.29, 0.717) is 6.04 Å². The van der Waals surface area contributed by atoms with E-state index in [4.69, 9.17) is 0 Å². The van der Waals surface area contributed by atoms with E-state index in [1.54, 1.807) is 0 Å². The largest absolute Gasteiger partial charge is 0.311 e. The van der Waals surface area contributed by atoms with E-state index >= 15 is 0 Å². The van der Waals surface area contributed by atoms with Crippen LogP contribution in [0.3, 0.4) is 0 Å². The molecular weight excluding hydrogens is 184 g/mol. The topological polar surface area (TPSA) is 15.3 Å². The fourth-order valence-electron chi connectivity index (χ4n) is 1.81. The summed E-state index contributed by atoms with van der Waals surface area (Å²) in [6.45, 7) is 11.8. The molecular formula is C10H23ClN2. The van der Waals surface area contributed by atoms with Crippen LogP contribution >= 0.6 is 12.4 Å². The van der Waals surface area contributed by atoms with Crippen LogP contribution in [0.2, 0.25) is 0 Å². The standard InChI is InChI=1S/C10H22N2.ClH/c1-4-6-12-7-5-11-10(8-12)9(2)3;/h9-11H,4-8H2,1-3H3;1H/t10-;/m1./s1. The van der Waals surface area contributed by atoms with Crippen molar-refractivity contribution in [3.05, 3.63) is 0 Å². The van der Waals surface area contributed by atoms with Crippen LogP contribution in [0, 0.1) is 5.92 Å². The summed E-state index contributed by atoms with van der Waals surface area (Å²) in [5.41, 5.74) is 0. The van der Waals surface area contributed by atoms with Crippen LogP contribution in [0.25, 0.3) is 0 Å². The van der Waals surface area contributed by atoms with Crippen molar-refractivity contribution in [3.63, 3.8) is 0 Å². The Morgan fingerprint density at radius 3 is 2.69 bits per heavy atom. The van der Waals surface area contributed by atoms with Crippen LogP contribution in [-0.4, -0.2) is 37.1 Å². The summed E-state index contributed by atoms with van der Waals surface area (Å²) in [6, 6.07) is 0.713. The van der Waals surface area contributed by atoms with Crippen molar-refractivity contribution in [1.82, 2.24) is 10.2 Å². The van der Waals surface area contributed by atoms with E-state index in [1.807, 2.05) is 0 Å². The fourth-order valence-corrected chi connectivity index (χ4v) is 1.81. The number of rotatable bonds is 3. The van der Waals surface area contributed by atoms with Gasteiger partial charge in [-0.05, 0) is 18.9 Å². The van der Waals surface area contributed by atoms with E-state index in [0.717, 1.165) is 5.92 Å². The molecule has 0 amide bonds. The van der Waals surface area contributed by atoms with E-state index in [2.05, 4.69) is 31.0 Å². The van der Waals surface area contributed by atoms with E-state index < -0.39 is 0 Å². The van der Waals surface area contributed by atoms with Gasteiger partial charge in [-0.3, -0.25) is 0 Å². The summed E-state index contributed by atoms with van der Waals surface area (Å²) < 4.78 is 0. The van der Waals surface area contributed by atoms with Crippen molar-refractivity contribution >= 4 is 12.4 Å².